The Morgan fingerprint density at radius 1 is 1.12 bits per heavy atom. The lowest BCUT2D eigenvalue weighted by atomic mass is 9.86. The summed E-state index contributed by atoms with van der Waals surface area (Å²) < 4.78 is 33.4. The molecule has 0 spiro atoms. The Hall–Kier alpha value is -2.82. The van der Waals surface area contributed by atoms with E-state index in [1.54, 1.807) is 12.4 Å². The molecule has 0 saturated carbocycles. The van der Waals surface area contributed by atoms with Gasteiger partial charge in [0.25, 0.3) is 0 Å². The number of rotatable bonds is 7. The molecule has 8 nitrogen and oxygen atoms in total. The van der Waals surface area contributed by atoms with Gasteiger partial charge < -0.3 is 19.9 Å². The molecule has 0 bridgehead atoms. The largest absolute Gasteiger partial charge is 0.380 e. The van der Waals surface area contributed by atoms with E-state index in [0.29, 0.717) is 22.2 Å². The van der Waals surface area contributed by atoms with Crippen molar-refractivity contribution < 1.29 is 13.5 Å². The molecule has 5 rings (SSSR count). The van der Waals surface area contributed by atoms with E-state index in [9.17, 15) is 8.78 Å². The first-order valence-corrected chi connectivity index (χ1v) is 11.5. The molecule has 1 aromatic carbocycles. The van der Waals surface area contributed by atoms with E-state index in [0.717, 1.165) is 31.9 Å². The summed E-state index contributed by atoms with van der Waals surface area (Å²) in [6.07, 6.45) is 2.28. The van der Waals surface area contributed by atoms with Crippen molar-refractivity contribution in [3.8, 4) is 11.3 Å². The Bertz CT molecular complexity index is 1130. The Morgan fingerprint density at radius 2 is 1.85 bits per heavy atom. The van der Waals surface area contributed by atoms with Gasteiger partial charge in [-0.1, -0.05) is 11.6 Å². The highest BCUT2D eigenvalue weighted by Crippen LogP contribution is 2.36. The van der Waals surface area contributed by atoms with Gasteiger partial charge in [0.05, 0.1) is 48.3 Å². The number of nitrogens with zero attached hydrogens (tertiary/aromatic N) is 6. The van der Waals surface area contributed by atoms with Gasteiger partial charge in [-0.05, 0) is 31.3 Å². The topological polar surface area (TPSA) is 71.3 Å². The zero-order valence-electron chi connectivity index (χ0n) is 18.8. The van der Waals surface area contributed by atoms with Crippen LogP contribution in [0.1, 0.15) is 0 Å². The van der Waals surface area contributed by atoms with Gasteiger partial charge >= 0.3 is 0 Å². The highest BCUT2D eigenvalue weighted by molar-refractivity contribution is 6.32. The Labute approximate surface area is 201 Å². The molecule has 0 unspecified atom stereocenters. The number of ether oxygens (including phenoxy) is 1. The quantitative estimate of drug-likeness (QED) is 0.541. The average molecular weight is 490 g/mol. The number of benzene rings is 1. The zero-order valence-corrected chi connectivity index (χ0v) is 19.5. The van der Waals surface area contributed by atoms with Crippen LogP contribution in [0.4, 0.5) is 26.1 Å². The molecule has 0 aliphatic carbocycles. The Kier molecular flexibility index (Phi) is 6.37. The predicted molar refractivity (Wildman–Crippen MR) is 127 cm³/mol. The number of hydrogen-bond acceptors (Lipinski definition) is 7. The van der Waals surface area contributed by atoms with Gasteiger partial charge in [-0.3, -0.25) is 4.68 Å². The van der Waals surface area contributed by atoms with Gasteiger partial charge in [-0.25, -0.2) is 18.7 Å². The summed E-state index contributed by atoms with van der Waals surface area (Å²) in [4.78, 5) is 13.5. The summed E-state index contributed by atoms with van der Waals surface area (Å²) in [6, 6.07) is 8.15. The summed E-state index contributed by atoms with van der Waals surface area (Å²) in [5.74, 6) is 0.385. The van der Waals surface area contributed by atoms with Crippen LogP contribution in [0.15, 0.2) is 42.9 Å². The Morgan fingerprint density at radius 3 is 2.50 bits per heavy atom. The number of nitrogens with one attached hydrogen (secondary N) is 1. The number of aromatic nitrogens is 4. The van der Waals surface area contributed by atoms with Crippen LogP contribution in [0.25, 0.3) is 11.3 Å². The normalized spacial score (nSPS) is 18.2. The van der Waals surface area contributed by atoms with Crippen molar-refractivity contribution in [1.82, 2.24) is 24.6 Å². The van der Waals surface area contributed by atoms with Crippen LogP contribution in [0.2, 0.25) is 5.02 Å². The third kappa shape index (κ3) is 4.70. The lowest BCUT2D eigenvalue weighted by Crippen LogP contribution is -2.51. The van der Waals surface area contributed by atoms with E-state index in [4.69, 9.17) is 16.3 Å². The number of hydrogen-bond donors (Lipinski definition) is 1. The first-order valence-electron chi connectivity index (χ1n) is 11.1. The van der Waals surface area contributed by atoms with Gasteiger partial charge in [-0.15, -0.1) is 0 Å². The van der Waals surface area contributed by atoms with Crippen molar-refractivity contribution in [2.75, 3.05) is 56.7 Å². The van der Waals surface area contributed by atoms with E-state index >= 15 is 0 Å². The second-order valence-corrected chi connectivity index (χ2v) is 9.34. The van der Waals surface area contributed by atoms with E-state index < -0.39 is 11.8 Å². The smallest absolute Gasteiger partial charge is 0.250 e. The van der Waals surface area contributed by atoms with Gasteiger partial charge in [0, 0.05) is 49.3 Å². The van der Waals surface area contributed by atoms with Gasteiger partial charge in [0.15, 0.2) is 0 Å². The molecule has 1 N–H and O–H groups in total. The summed E-state index contributed by atoms with van der Waals surface area (Å²) >= 11 is 6.34. The van der Waals surface area contributed by atoms with Crippen LogP contribution in [-0.2, 0) is 11.3 Å². The maximum absolute atomic E-state index is 13.4. The molecule has 2 aliphatic rings. The SMILES string of the molecule is CN1CCN(c2ccc(Nc3ncc(Cl)c(-c4cnn(CC5(C(F)F)COC5)c4)n3)cc2)CC1. The Balaban J connectivity index is 1.28. The highest BCUT2D eigenvalue weighted by Gasteiger charge is 2.47. The minimum atomic E-state index is -2.48. The predicted octanol–water partition coefficient (Wildman–Crippen LogP) is 3.77. The first-order chi connectivity index (χ1) is 16.4. The summed E-state index contributed by atoms with van der Waals surface area (Å²) in [6.45, 7) is 4.23. The minimum Gasteiger partial charge on any atom is -0.380 e. The van der Waals surface area contributed by atoms with Crippen LogP contribution in [-0.4, -0.2) is 77.5 Å². The third-order valence-electron chi connectivity index (χ3n) is 6.36. The molecule has 0 atom stereocenters. The van der Waals surface area contributed by atoms with Crippen molar-refractivity contribution in [2.24, 2.45) is 5.41 Å². The lowest BCUT2D eigenvalue weighted by Gasteiger charge is -2.40. The average Bonchev–Trinajstić information content (AvgIpc) is 3.27. The van der Waals surface area contributed by atoms with Gasteiger partial charge in [0.1, 0.15) is 0 Å². The molecular weight excluding hydrogens is 464 g/mol. The molecule has 0 radical (unpaired) electrons. The third-order valence-corrected chi connectivity index (χ3v) is 6.64. The molecule has 3 aromatic rings. The van der Waals surface area contributed by atoms with Gasteiger partial charge in [-0.2, -0.15) is 5.10 Å². The fourth-order valence-electron chi connectivity index (χ4n) is 4.12. The van der Waals surface area contributed by atoms with Crippen LogP contribution in [0, 0.1) is 5.41 Å². The van der Waals surface area contributed by atoms with Crippen LogP contribution >= 0.6 is 11.6 Å². The fraction of sp³-hybridized carbons (Fsp3) is 0.435. The van der Waals surface area contributed by atoms with E-state index in [-0.39, 0.29) is 19.8 Å². The maximum Gasteiger partial charge on any atom is 0.250 e. The summed E-state index contributed by atoms with van der Waals surface area (Å²) in [5.41, 5.74) is 1.95. The monoisotopic (exact) mass is 489 g/mol. The van der Waals surface area contributed by atoms with Crippen LogP contribution in [0.5, 0.6) is 0 Å². The molecule has 2 aromatic heterocycles. The molecule has 34 heavy (non-hydrogen) atoms. The maximum atomic E-state index is 13.4. The number of halogens is 3. The summed E-state index contributed by atoms with van der Waals surface area (Å²) in [5, 5.41) is 7.80. The second kappa shape index (κ2) is 9.44. The lowest BCUT2D eigenvalue weighted by molar-refractivity contribution is -0.193. The number of alkyl halides is 2. The number of likely N-dealkylation sites (N-methyl/N-ethyl adjacent to an activating group) is 1. The molecule has 2 aliphatic heterocycles. The van der Waals surface area contributed by atoms with E-state index in [1.165, 1.54) is 16.6 Å². The van der Waals surface area contributed by atoms with Crippen molar-refractivity contribution >= 4 is 28.9 Å². The van der Waals surface area contributed by atoms with Crippen molar-refractivity contribution in [3.63, 3.8) is 0 Å². The summed E-state index contributed by atoms with van der Waals surface area (Å²) in [7, 11) is 2.14. The fourth-order valence-corrected chi connectivity index (χ4v) is 4.32. The molecule has 2 saturated heterocycles. The molecule has 180 valence electrons. The minimum absolute atomic E-state index is 0.0236. The zero-order chi connectivity index (χ0) is 23.7. The molecule has 2 fully saturated rings. The van der Waals surface area contributed by atoms with E-state index in [1.807, 2.05) is 12.1 Å². The number of piperazine rings is 1. The van der Waals surface area contributed by atoms with E-state index in [2.05, 4.69) is 49.4 Å². The molecule has 4 heterocycles. The molecule has 0 amide bonds. The highest BCUT2D eigenvalue weighted by atomic mass is 35.5. The van der Waals surface area contributed by atoms with Crippen LogP contribution < -0.4 is 10.2 Å². The van der Waals surface area contributed by atoms with Crippen molar-refractivity contribution in [2.45, 2.75) is 13.0 Å². The second-order valence-electron chi connectivity index (χ2n) is 8.93. The first kappa shape index (κ1) is 22.9. The molecular formula is C23H26ClF2N7O. The van der Waals surface area contributed by atoms with Crippen LogP contribution in [0.3, 0.4) is 0 Å². The standard InChI is InChI=1S/C23H26ClF2N7O/c1-31-6-8-32(9-7-31)18-4-2-17(3-5-18)29-22-27-11-19(24)20(30-22)16-10-28-33(12-16)13-23(21(25)26)14-34-15-23/h2-5,10-12,21H,6-9,13-15H2,1H3,(H,27,29,30). The number of anilines is 3. The van der Waals surface area contributed by atoms with Crippen molar-refractivity contribution in [3.05, 3.63) is 47.9 Å². The van der Waals surface area contributed by atoms with Gasteiger partial charge in [0.2, 0.25) is 12.4 Å². The molecule has 11 heteroatoms. The van der Waals surface area contributed by atoms with Crippen molar-refractivity contribution in [1.29, 1.82) is 0 Å².